The van der Waals surface area contributed by atoms with Crippen LogP contribution in [0.5, 0.6) is 5.75 Å². The monoisotopic (exact) mass is 342 g/mol. The molecule has 0 spiro atoms. The van der Waals surface area contributed by atoms with Gasteiger partial charge in [-0.15, -0.1) is 0 Å². The average Bonchev–Trinajstić information content (AvgIpc) is 2.52. The number of benzene rings is 1. The van der Waals surface area contributed by atoms with Crippen LogP contribution in [0.2, 0.25) is 5.02 Å². The highest BCUT2D eigenvalue weighted by Gasteiger charge is 2.24. The predicted octanol–water partition coefficient (Wildman–Crippen LogP) is 0.717. The van der Waals surface area contributed by atoms with Gasteiger partial charge in [0.05, 0.1) is 19.8 Å². The molecule has 6 nitrogen and oxygen atoms in total. The number of likely N-dealkylation sites (N-methyl/N-ethyl adjacent to an activating group) is 1. The molecular formula is C16H25ClN3O3+. The number of anilines is 1. The number of amides is 2. The van der Waals surface area contributed by atoms with Crippen LogP contribution in [-0.2, 0) is 9.59 Å². The van der Waals surface area contributed by atoms with Gasteiger partial charge in [-0.3, -0.25) is 9.59 Å². The molecule has 0 heterocycles. The molecule has 0 aliphatic carbocycles. The summed E-state index contributed by atoms with van der Waals surface area (Å²) < 4.78 is 5.21. The zero-order chi connectivity index (χ0) is 17.4. The Labute approximate surface area is 142 Å². The maximum absolute atomic E-state index is 12.4. The van der Waals surface area contributed by atoms with Gasteiger partial charge in [0, 0.05) is 11.6 Å². The fourth-order valence-electron chi connectivity index (χ4n) is 1.98. The number of carbonyl (C=O) groups excluding carboxylic acids is 2. The van der Waals surface area contributed by atoms with E-state index in [0.29, 0.717) is 23.0 Å². The summed E-state index contributed by atoms with van der Waals surface area (Å²) in [5.41, 5.74) is 0.514. The minimum atomic E-state index is -0.397. The van der Waals surface area contributed by atoms with E-state index in [4.69, 9.17) is 16.3 Å². The topological polar surface area (TPSA) is 71.9 Å². The smallest absolute Gasteiger partial charge is 0.282 e. The Bertz CT molecular complexity index is 551. The first-order valence-electron chi connectivity index (χ1n) is 7.62. The number of ether oxygens (including phenoxy) is 1. The van der Waals surface area contributed by atoms with Gasteiger partial charge in [-0.1, -0.05) is 18.5 Å². The number of quaternary nitrogens is 1. The first-order valence-corrected chi connectivity index (χ1v) is 8.00. The first-order chi connectivity index (χ1) is 10.9. The third-order valence-electron chi connectivity index (χ3n) is 3.56. The van der Waals surface area contributed by atoms with E-state index in [-0.39, 0.29) is 18.4 Å². The van der Waals surface area contributed by atoms with E-state index in [1.807, 2.05) is 14.0 Å². The average molecular weight is 343 g/mol. The lowest BCUT2D eigenvalue weighted by Crippen LogP contribution is -3.15. The zero-order valence-corrected chi connectivity index (χ0v) is 14.8. The van der Waals surface area contributed by atoms with Gasteiger partial charge < -0.3 is 20.3 Å². The van der Waals surface area contributed by atoms with Crippen LogP contribution in [0.4, 0.5) is 5.69 Å². The number of rotatable bonds is 8. The highest BCUT2D eigenvalue weighted by atomic mass is 35.5. The Balaban J connectivity index is 2.66. The highest BCUT2D eigenvalue weighted by molar-refractivity contribution is 6.31. The molecule has 0 radical (unpaired) electrons. The zero-order valence-electron chi connectivity index (χ0n) is 14.0. The van der Waals surface area contributed by atoms with Crippen molar-refractivity contribution in [2.75, 3.05) is 32.6 Å². The summed E-state index contributed by atoms with van der Waals surface area (Å²) in [6, 6.07) is 4.62. The van der Waals surface area contributed by atoms with Gasteiger partial charge in [0.1, 0.15) is 5.75 Å². The van der Waals surface area contributed by atoms with Crippen molar-refractivity contribution < 1.29 is 19.2 Å². The van der Waals surface area contributed by atoms with Crippen molar-refractivity contribution in [3.8, 4) is 5.75 Å². The van der Waals surface area contributed by atoms with Crippen molar-refractivity contribution >= 4 is 29.1 Å². The van der Waals surface area contributed by atoms with Crippen molar-refractivity contribution in [1.29, 1.82) is 0 Å². The van der Waals surface area contributed by atoms with Crippen molar-refractivity contribution in [1.82, 2.24) is 5.32 Å². The van der Waals surface area contributed by atoms with Gasteiger partial charge in [-0.05, 0) is 31.5 Å². The van der Waals surface area contributed by atoms with Gasteiger partial charge in [0.25, 0.3) is 11.8 Å². The second-order valence-corrected chi connectivity index (χ2v) is 5.87. The molecule has 3 N–H and O–H groups in total. The summed E-state index contributed by atoms with van der Waals surface area (Å²) in [5, 5.41) is 6.11. The Kier molecular flexibility index (Phi) is 7.85. The van der Waals surface area contributed by atoms with E-state index < -0.39 is 6.04 Å². The Morgan fingerprint density at radius 2 is 2.09 bits per heavy atom. The standard InChI is InChI=1S/C16H24ClN3O3/c1-5-8-18-15(21)10-20(3)11(2)16(22)19-13-9-12(17)6-7-14(13)23-4/h6-7,9,11H,5,8,10H2,1-4H3,(H,18,21)(H,19,22)/p+1/t11-/m1/s1. The molecule has 0 aliphatic heterocycles. The van der Waals surface area contributed by atoms with Gasteiger partial charge in [-0.25, -0.2) is 0 Å². The quantitative estimate of drug-likeness (QED) is 0.652. The number of methoxy groups -OCH3 is 1. The molecule has 0 aromatic heterocycles. The number of halogens is 1. The fraction of sp³-hybridized carbons (Fsp3) is 0.500. The van der Waals surface area contributed by atoms with Crippen LogP contribution in [0, 0.1) is 0 Å². The van der Waals surface area contributed by atoms with Crippen molar-refractivity contribution in [2.45, 2.75) is 26.3 Å². The molecule has 128 valence electrons. The van der Waals surface area contributed by atoms with Crippen LogP contribution in [-0.4, -0.2) is 45.1 Å². The number of hydrogen-bond donors (Lipinski definition) is 3. The first kappa shape index (κ1) is 19.3. The van der Waals surface area contributed by atoms with Gasteiger partial charge >= 0.3 is 0 Å². The third kappa shape index (κ3) is 6.08. The molecular weight excluding hydrogens is 318 g/mol. The molecule has 1 aromatic rings. The molecule has 0 fully saturated rings. The van der Waals surface area contributed by atoms with Crippen LogP contribution < -0.4 is 20.3 Å². The van der Waals surface area contributed by atoms with Crippen molar-refractivity contribution in [3.05, 3.63) is 23.2 Å². The maximum atomic E-state index is 12.4. The molecule has 1 aromatic carbocycles. The summed E-state index contributed by atoms with van der Waals surface area (Å²) >= 11 is 5.95. The van der Waals surface area contributed by atoms with Gasteiger partial charge in [0.15, 0.2) is 12.6 Å². The lowest BCUT2D eigenvalue weighted by molar-refractivity contribution is -0.885. The number of nitrogens with one attached hydrogen (secondary N) is 3. The summed E-state index contributed by atoms with van der Waals surface area (Å²) in [5.74, 6) is 0.268. The normalized spacial score (nSPS) is 13.1. The van der Waals surface area contributed by atoms with Crippen LogP contribution in [0.15, 0.2) is 18.2 Å². The third-order valence-corrected chi connectivity index (χ3v) is 3.80. The molecule has 1 rings (SSSR count). The van der Waals surface area contributed by atoms with E-state index in [2.05, 4.69) is 10.6 Å². The Morgan fingerprint density at radius 1 is 1.39 bits per heavy atom. The fourth-order valence-corrected chi connectivity index (χ4v) is 2.15. The minimum absolute atomic E-state index is 0.0654. The Hall–Kier alpha value is -1.79. The highest BCUT2D eigenvalue weighted by Crippen LogP contribution is 2.27. The van der Waals surface area contributed by atoms with E-state index in [0.717, 1.165) is 11.3 Å². The molecule has 2 amide bonds. The second-order valence-electron chi connectivity index (χ2n) is 5.43. The molecule has 2 atom stereocenters. The van der Waals surface area contributed by atoms with Crippen LogP contribution in [0.1, 0.15) is 20.3 Å². The van der Waals surface area contributed by atoms with Crippen LogP contribution in [0.25, 0.3) is 0 Å². The Morgan fingerprint density at radius 3 is 2.70 bits per heavy atom. The van der Waals surface area contributed by atoms with Gasteiger partial charge in [0.2, 0.25) is 0 Å². The van der Waals surface area contributed by atoms with E-state index in [9.17, 15) is 9.59 Å². The lowest BCUT2D eigenvalue weighted by Gasteiger charge is -2.21. The number of carbonyl (C=O) groups is 2. The molecule has 0 saturated heterocycles. The largest absolute Gasteiger partial charge is 0.495 e. The molecule has 23 heavy (non-hydrogen) atoms. The molecule has 1 unspecified atom stereocenters. The predicted molar refractivity (Wildman–Crippen MR) is 91.2 cm³/mol. The van der Waals surface area contributed by atoms with Crippen LogP contribution in [0.3, 0.4) is 0 Å². The number of hydrogen-bond acceptors (Lipinski definition) is 3. The molecule has 0 aliphatic rings. The summed E-state index contributed by atoms with van der Waals surface area (Å²) in [6.07, 6.45) is 0.884. The summed E-state index contributed by atoms with van der Waals surface area (Å²) in [7, 11) is 3.34. The van der Waals surface area contributed by atoms with E-state index >= 15 is 0 Å². The maximum Gasteiger partial charge on any atom is 0.282 e. The van der Waals surface area contributed by atoms with E-state index in [1.54, 1.807) is 25.1 Å². The second kappa shape index (κ2) is 9.37. The van der Waals surface area contributed by atoms with E-state index in [1.165, 1.54) is 7.11 Å². The molecule has 7 heteroatoms. The van der Waals surface area contributed by atoms with Gasteiger partial charge in [-0.2, -0.15) is 0 Å². The summed E-state index contributed by atoms with van der Waals surface area (Å²) in [4.78, 5) is 24.9. The minimum Gasteiger partial charge on any atom is -0.495 e. The SMILES string of the molecule is CCCNC(=O)C[NH+](C)[C@H](C)C(=O)Nc1cc(Cl)ccc1OC. The lowest BCUT2D eigenvalue weighted by atomic mass is 10.2. The van der Waals surface area contributed by atoms with Crippen molar-refractivity contribution in [3.63, 3.8) is 0 Å². The van der Waals surface area contributed by atoms with Crippen molar-refractivity contribution in [2.24, 2.45) is 0 Å². The molecule has 0 bridgehead atoms. The molecule has 0 saturated carbocycles. The van der Waals surface area contributed by atoms with Crippen LogP contribution >= 0.6 is 11.6 Å². The summed E-state index contributed by atoms with van der Waals surface area (Å²) in [6.45, 7) is 4.65.